The highest BCUT2D eigenvalue weighted by Crippen LogP contribution is 2.32. The van der Waals surface area contributed by atoms with Crippen molar-refractivity contribution in [1.82, 2.24) is 15.0 Å². The molecule has 166 valence electrons. The molecule has 1 aromatic heterocycles. The van der Waals surface area contributed by atoms with Crippen LogP contribution in [0.15, 0.2) is 121 Å². The summed E-state index contributed by atoms with van der Waals surface area (Å²) in [5.74, 6) is 1.69. The van der Waals surface area contributed by atoms with Crippen molar-refractivity contribution < 1.29 is 5.11 Å². The van der Waals surface area contributed by atoms with Crippen molar-refractivity contribution in [3.8, 4) is 51.0 Å². The van der Waals surface area contributed by atoms with Gasteiger partial charge in [-0.05, 0) is 34.0 Å². The van der Waals surface area contributed by atoms with E-state index in [1.807, 2.05) is 66.7 Å². The van der Waals surface area contributed by atoms with Crippen molar-refractivity contribution in [2.75, 3.05) is 0 Å². The minimum absolute atomic E-state index is 0.132. The molecule has 6 aromatic rings. The van der Waals surface area contributed by atoms with Crippen LogP contribution in [0.5, 0.6) is 5.75 Å². The third-order valence-corrected chi connectivity index (χ3v) is 6.06. The van der Waals surface area contributed by atoms with Crippen LogP contribution in [0.3, 0.4) is 0 Å². The Hall–Kier alpha value is -4.83. The number of phenolic OH excluding ortho intramolecular Hbond substituents is 1. The van der Waals surface area contributed by atoms with E-state index in [9.17, 15) is 5.11 Å². The van der Waals surface area contributed by atoms with Crippen LogP contribution in [0.4, 0.5) is 0 Å². The van der Waals surface area contributed by atoms with E-state index in [4.69, 9.17) is 15.0 Å². The molecule has 0 aliphatic heterocycles. The summed E-state index contributed by atoms with van der Waals surface area (Å²) in [6.07, 6.45) is 0. The summed E-state index contributed by atoms with van der Waals surface area (Å²) in [5.41, 5.74) is 4.65. The van der Waals surface area contributed by atoms with Crippen LogP contribution in [0.2, 0.25) is 0 Å². The van der Waals surface area contributed by atoms with Crippen LogP contribution in [-0.4, -0.2) is 20.1 Å². The molecule has 0 radical (unpaired) electrons. The molecule has 0 spiro atoms. The van der Waals surface area contributed by atoms with Gasteiger partial charge in [0.25, 0.3) is 0 Å². The third-order valence-electron chi connectivity index (χ3n) is 6.06. The largest absolute Gasteiger partial charge is 0.507 e. The van der Waals surface area contributed by atoms with Gasteiger partial charge in [0.05, 0.1) is 5.56 Å². The third kappa shape index (κ3) is 4.02. The lowest BCUT2D eigenvalue weighted by atomic mass is 10.0. The van der Waals surface area contributed by atoms with Crippen LogP contribution < -0.4 is 0 Å². The van der Waals surface area contributed by atoms with E-state index in [1.54, 1.807) is 12.1 Å². The van der Waals surface area contributed by atoms with Crippen molar-refractivity contribution in [3.05, 3.63) is 121 Å². The Balaban J connectivity index is 1.53. The summed E-state index contributed by atoms with van der Waals surface area (Å²) in [4.78, 5) is 14.4. The fourth-order valence-electron chi connectivity index (χ4n) is 4.27. The molecule has 6 rings (SSSR count). The Morgan fingerprint density at radius 3 is 1.74 bits per heavy atom. The Morgan fingerprint density at radius 2 is 0.943 bits per heavy atom. The number of benzene rings is 5. The normalized spacial score (nSPS) is 11.0. The lowest BCUT2D eigenvalue weighted by Gasteiger charge is -2.11. The van der Waals surface area contributed by atoms with Crippen LogP contribution in [0, 0.1) is 0 Å². The molecule has 0 aliphatic rings. The molecule has 1 heterocycles. The van der Waals surface area contributed by atoms with Gasteiger partial charge in [0, 0.05) is 11.1 Å². The first-order chi connectivity index (χ1) is 17.3. The molecule has 1 N–H and O–H groups in total. The second kappa shape index (κ2) is 8.84. The van der Waals surface area contributed by atoms with Gasteiger partial charge in [0.15, 0.2) is 17.5 Å². The Bertz CT molecular complexity index is 1640. The van der Waals surface area contributed by atoms with Gasteiger partial charge in [0.2, 0.25) is 0 Å². The van der Waals surface area contributed by atoms with Gasteiger partial charge in [-0.2, -0.15) is 0 Å². The van der Waals surface area contributed by atoms with E-state index in [1.165, 1.54) is 0 Å². The minimum atomic E-state index is 0.132. The van der Waals surface area contributed by atoms with Crippen LogP contribution in [0.1, 0.15) is 0 Å². The molecule has 5 aromatic carbocycles. The maximum Gasteiger partial charge on any atom is 0.167 e. The first-order valence-electron chi connectivity index (χ1n) is 11.4. The Morgan fingerprint density at radius 1 is 0.400 bits per heavy atom. The molecular formula is C31H21N3O. The number of phenols is 1. The van der Waals surface area contributed by atoms with Gasteiger partial charge in [-0.25, -0.2) is 15.0 Å². The Labute approximate surface area is 203 Å². The van der Waals surface area contributed by atoms with E-state index in [2.05, 4.69) is 42.5 Å². The highest BCUT2D eigenvalue weighted by Gasteiger charge is 2.15. The van der Waals surface area contributed by atoms with Crippen LogP contribution in [0.25, 0.3) is 56.1 Å². The van der Waals surface area contributed by atoms with Crippen molar-refractivity contribution in [3.63, 3.8) is 0 Å². The van der Waals surface area contributed by atoms with E-state index >= 15 is 0 Å². The first-order valence-corrected chi connectivity index (χ1v) is 11.4. The van der Waals surface area contributed by atoms with Gasteiger partial charge in [-0.1, -0.05) is 109 Å². The average molecular weight is 452 g/mol. The molecule has 0 unspecified atom stereocenters. The summed E-state index contributed by atoms with van der Waals surface area (Å²) in [5, 5.41) is 12.7. The first kappa shape index (κ1) is 20.8. The molecule has 0 saturated heterocycles. The minimum Gasteiger partial charge on any atom is -0.507 e. The summed E-state index contributed by atoms with van der Waals surface area (Å²) >= 11 is 0. The molecule has 4 heteroatoms. The lowest BCUT2D eigenvalue weighted by molar-refractivity contribution is 0.477. The zero-order valence-electron chi connectivity index (χ0n) is 18.8. The maximum atomic E-state index is 10.5. The van der Waals surface area contributed by atoms with Crippen molar-refractivity contribution >= 4 is 10.8 Å². The predicted octanol–water partition coefficient (Wildman–Crippen LogP) is 7.40. The maximum absolute atomic E-state index is 10.5. The highest BCUT2D eigenvalue weighted by molar-refractivity contribution is 5.95. The van der Waals surface area contributed by atoms with E-state index in [-0.39, 0.29) is 5.75 Å². The SMILES string of the molecule is Oc1ccccc1-c1nc(-c2ccc(-c3ccccc3)cc2)nc(-c2cccc3ccccc23)n1. The summed E-state index contributed by atoms with van der Waals surface area (Å²) < 4.78 is 0. The predicted molar refractivity (Wildman–Crippen MR) is 141 cm³/mol. The zero-order valence-corrected chi connectivity index (χ0v) is 18.8. The highest BCUT2D eigenvalue weighted by atomic mass is 16.3. The molecule has 0 fully saturated rings. The standard InChI is InChI=1S/C31H21N3O/c35-28-16-7-6-14-27(28)31-33-29(24-19-17-22(18-20-24)21-9-2-1-3-10-21)32-30(34-31)26-15-8-12-23-11-4-5-13-25(23)26/h1-20,35H. The number of aromatic nitrogens is 3. The number of para-hydroxylation sites is 1. The molecule has 4 nitrogen and oxygen atoms in total. The fraction of sp³-hybridized carbons (Fsp3) is 0. The average Bonchev–Trinajstić information content (AvgIpc) is 2.93. The van der Waals surface area contributed by atoms with Crippen molar-refractivity contribution in [2.45, 2.75) is 0 Å². The van der Waals surface area contributed by atoms with Gasteiger partial charge < -0.3 is 5.11 Å². The topological polar surface area (TPSA) is 58.9 Å². The molecule has 0 aliphatic carbocycles. The van der Waals surface area contributed by atoms with E-state index in [0.717, 1.165) is 33.0 Å². The summed E-state index contributed by atoms with van der Waals surface area (Å²) in [6, 6.07) is 39.9. The van der Waals surface area contributed by atoms with E-state index < -0.39 is 0 Å². The quantitative estimate of drug-likeness (QED) is 0.303. The second-order valence-corrected chi connectivity index (χ2v) is 8.29. The van der Waals surface area contributed by atoms with Gasteiger partial charge >= 0.3 is 0 Å². The van der Waals surface area contributed by atoms with Crippen molar-refractivity contribution in [2.24, 2.45) is 0 Å². The summed E-state index contributed by atoms with van der Waals surface area (Å²) in [6.45, 7) is 0. The molecule has 0 amide bonds. The fourth-order valence-corrected chi connectivity index (χ4v) is 4.27. The second-order valence-electron chi connectivity index (χ2n) is 8.29. The molecule has 0 bridgehead atoms. The molecule has 0 atom stereocenters. The van der Waals surface area contributed by atoms with Gasteiger partial charge in [-0.15, -0.1) is 0 Å². The molecule has 0 saturated carbocycles. The van der Waals surface area contributed by atoms with E-state index in [0.29, 0.717) is 23.0 Å². The number of nitrogens with zero attached hydrogens (tertiary/aromatic N) is 3. The Kier molecular flexibility index (Phi) is 5.24. The van der Waals surface area contributed by atoms with Gasteiger partial charge in [0.1, 0.15) is 5.75 Å². The molecular weight excluding hydrogens is 430 g/mol. The number of rotatable bonds is 4. The van der Waals surface area contributed by atoms with Crippen LogP contribution in [-0.2, 0) is 0 Å². The number of hydrogen-bond acceptors (Lipinski definition) is 4. The lowest BCUT2D eigenvalue weighted by Crippen LogP contribution is -2.00. The number of hydrogen-bond donors (Lipinski definition) is 1. The number of fused-ring (bicyclic) bond motifs is 1. The van der Waals surface area contributed by atoms with Gasteiger partial charge in [-0.3, -0.25) is 0 Å². The van der Waals surface area contributed by atoms with Crippen molar-refractivity contribution in [1.29, 1.82) is 0 Å². The monoisotopic (exact) mass is 451 g/mol. The molecule has 35 heavy (non-hydrogen) atoms. The summed E-state index contributed by atoms with van der Waals surface area (Å²) in [7, 11) is 0. The van der Waals surface area contributed by atoms with Crippen LogP contribution >= 0.6 is 0 Å². The number of aromatic hydroxyl groups is 1. The zero-order chi connectivity index (χ0) is 23.6. The smallest absolute Gasteiger partial charge is 0.167 e.